The van der Waals surface area contributed by atoms with E-state index in [-0.39, 0.29) is 36.8 Å². The Bertz CT molecular complexity index is 850. The number of benzene rings is 1. The average molecular weight is 422 g/mol. The SMILES string of the molecule is CCOC(=N)C(C(=O)OCC)C1c2cc([N+](=O)[O-])ccc2OC(=O)C1C(=O)OCC. The molecule has 0 bridgehead atoms. The number of ether oxygens (including phenoxy) is 4. The molecule has 0 radical (unpaired) electrons. The normalized spacial score (nSPS) is 18.4. The summed E-state index contributed by atoms with van der Waals surface area (Å²) in [5.74, 6) is -8.01. The number of hydrogen-bond acceptors (Lipinski definition) is 10. The molecule has 1 aromatic rings. The summed E-state index contributed by atoms with van der Waals surface area (Å²) in [6, 6.07) is 3.43. The first-order valence-corrected chi connectivity index (χ1v) is 9.31. The predicted octanol–water partition coefficient (Wildman–Crippen LogP) is 1.97. The van der Waals surface area contributed by atoms with Crippen LogP contribution in [-0.2, 0) is 28.6 Å². The van der Waals surface area contributed by atoms with Gasteiger partial charge in [0.25, 0.3) is 5.69 Å². The summed E-state index contributed by atoms with van der Waals surface area (Å²) >= 11 is 0. The topological polar surface area (TPSA) is 155 Å². The third-order valence-corrected chi connectivity index (χ3v) is 4.41. The summed E-state index contributed by atoms with van der Waals surface area (Å²) in [5, 5.41) is 19.5. The minimum absolute atomic E-state index is 0.0300. The van der Waals surface area contributed by atoms with Crippen LogP contribution >= 0.6 is 0 Å². The first-order chi connectivity index (χ1) is 14.3. The van der Waals surface area contributed by atoms with Gasteiger partial charge in [0, 0.05) is 23.6 Å². The van der Waals surface area contributed by atoms with E-state index in [1.807, 2.05) is 0 Å². The molecule has 3 unspecified atom stereocenters. The minimum atomic E-state index is -1.64. The third kappa shape index (κ3) is 4.56. The van der Waals surface area contributed by atoms with Crippen LogP contribution in [0, 0.1) is 27.4 Å². The molecule has 0 spiro atoms. The Morgan fingerprint density at radius 2 is 1.80 bits per heavy atom. The molecule has 1 aliphatic rings. The number of rotatable bonds is 8. The molecule has 1 N–H and O–H groups in total. The van der Waals surface area contributed by atoms with Crippen LogP contribution in [0.15, 0.2) is 18.2 Å². The fraction of sp³-hybridized carbons (Fsp3) is 0.474. The lowest BCUT2D eigenvalue weighted by Crippen LogP contribution is -2.46. The van der Waals surface area contributed by atoms with E-state index in [9.17, 15) is 24.5 Å². The van der Waals surface area contributed by atoms with Gasteiger partial charge in [0.15, 0.2) is 11.8 Å². The van der Waals surface area contributed by atoms with Gasteiger partial charge in [0.1, 0.15) is 11.7 Å². The summed E-state index contributed by atoms with van der Waals surface area (Å²) in [7, 11) is 0. The van der Waals surface area contributed by atoms with E-state index in [2.05, 4.69) is 0 Å². The third-order valence-electron chi connectivity index (χ3n) is 4.41. The summed E-state index contributed by atoms with van der Waals surface area (Å²) in [6.45, 7) is 4.63. The molecule has 0 fully saturated rings. The van der Waals surface area contributed by atoms with Gasteiger partial charge >= 0.3 is 17.9 Å². The number of carbonyl (C=O) groups excluding carboxylic acids is 3. The second kappa shape index (κ2) is 9.81. The van der Waals surface area contributed by atoms with E-state index < -0.39 is 46.5 Å². The fourth-order valence-corrected chi connectivity index (χ4v) is 3.24. The zero-order valence-corrected chi connectivity index (χ0v) is 16.7. The zero-order chi connectivity index (χ0) is 22.4. The quantitative estimate of drug-likeness (QED) is 0.126. The number of nitrogens with one attached hydrogen (secondary N) is 1. The summed E-state index contributed by atoms with van der Waals surface area (Å²) < 4.78 is 20.4. The molecule has 0 aliphatic carbocycles. The predicted molar refractivity (Wildman–Crippen MR) is 101 cm³/mol. The second-order valence-electron chi connectivity index (χ2n) is 6.18. The lowest BCUT2D eigenvalue weighted by Gasteiger charge is -2.34. The van der Waals surface area contributed by atoms with Gasteiger partial charge in [-0.3, -0.25) is 29.9 Å². The van der Waals surface area contributed by atoms with E-state index in [1.165, 1.54) is 13.0 Å². The van der Waals surface area contributed by atoms with Gasteiger partial charge in [-0.1, -0.05) is 0 Å². The smallest absolute Gasteiger partial charge is 0.326 e. The largest absolute Gasteiger partial charge is 0.481 e. The van der Waals surface area contributed by atoms with Crippen molar-refractivity contribution < 1.29 is 38.3 Å². The Hall–Kier alpha value is -3.50. The van der Waals surface area contributed by atoms with Crippen LogP contribution in [0.1, 0.15) is 32.3 Å². The number of fused-ring (bicyclic) bond motifs is 1. The van der Waals surface area contributed by atoms with Crippen LogP contribution < -0.4 is 4.74 Å². The van der Waals surface area contributed by atoms with E-state index in [0.717, 1.165) is 12.1 Å². The number of nitrogens with zero attached hydrogens (tertiary/aromatic N) is 1. The second-order valence-corrected chi connectivity index (χ2v) is 6.18. The Kier molecular flexibility index (Phi) is 7.45. The van der Waals surface area contributed by atoms with Crippen LogP contribution in [0.5, 0.6) is 5.75 Å². The fourth-order valence-electron chi connectivity index (χ4n) is 3.24. The summed E-state index contributed by atoms with van der Waals surface area (Å²) in [6.07, 6.45) is 0. The molecule has 2 rings (SSSR count). The molecular weight excluding hydrogens is 400 g/mol. The first kappa shape index (κ1) is 22.8. The highest BCUT2D eigenvalue weighted by Crippen LogP contribution is 2.45. The molecule has 0 saturated carbocycles. The zero-order valence-electron chi connectivity index (χ0n) is 16.7. The molecular formula is C19H22N2O9. The van der Waals surface area contributed by atoms with Crippen molar-refractivity contribution in [2.75, 3.05) is 19.8 Å². The Labute approximate surface area is 171 Å². The first-order valence-electron chi connectivity index (χ1n) is 9.31. The lowest BCUT2D eigenvalue weighted by molar-refractivity contribution is -0.385. The van der Waals surface area contributed by atoms with Crippen LogP contribution in [0.4, 0.5) is 5.69 Å². The molecule has 0 saturated heterocycles. The Morgan fingerprint density at radius 3 is 2.37 bits per heavy atom. The number of non-ortho nitro benzene ring substituents is 1. The molecule has 162 valence electrons. The average Bonchev–Trinajstić information content (AvgIpc) is 2.68. The maximum atomic E-state index is 12.7. The van der Waals surface area contributed by atoms with Gasteiger partial charge in [0.2, 0.25) is 0 Å². The van der Waals surface area contributed by atoms with Crippen LogP contribution in [0.2, 0.25) is 0 Å². The van der Waals surface area contributed by atoms with Crippen molar-refractivity contribution in [1.29, 1.82) is 5.41 Å². The van der Waals surface area contributed by atoms with E-state index >= 15 is 0 Å². The van der Waals surface area contributed by atoms with Crippen molar-refractivity contribution in [3.8, 4) is 5.75 Å². The minimum Gasteiger partial charge on any atom is -0.481 e. The summed E-state index contributed by atoms with van der Waals surface area (Å²) in [4.78, 5) is 48.6. The summed E-state index contributed by atoms with van der Waals surface area (Å²) in [5.41, 5.74) is -0.311. The van der Waals surface area contributed by atoms with Crippen LogP contribution in [-0.4, -0.2) is 48.5 Å². The maximum absolute atomic E-state index is 12.7. The molecule has 3 atom stereocenters. The van der Waals surface area contributed by atoms with Crippen molar-refractivity contribution in [3.63, 3.8) is 0 Å². The number of nitro groups is 1. The van der Waals surface area contributed by atoms with E-state index in [0.29, 0.717) is 0 Å². The van der Waals surface area contributed by atoms with Crippen molar-refractivity contribution >= 4 is 29.5 Å². The van der Waals surface area contributed by atoms with Crippen molar-refractivity contribution in [2.24, 2.45) is 11.8 Å². The van der Waals surface area contributed by atoms with Gasteiger partial charge < -0.3 is 18.9 Å². The number of nitro benzene ring substituents is 1. The monoisotopic (exact) mass is 422 g/mol. The van der Waals surface area contributed by atoms with Gasteiger partial charge in [-0.05, 0) is 26.8 Å². The highest BCUT2D eigenvalue weighted by Gasteiger charge is 2.52. The standard InChI is InChI=1S/C19H22N2O9/c1-4-27-16(20)14(17(22)28-5-2)13-11-9-10(21(25)26)7-8-12(11)30-19(24)15(13)18(23)29-6-3/h7-9,13-15,20H,4-6H2,1-3H3. The number of esters is 3. The maximum Gasteiger partial charge on any atom is 0.326 e. The molecule has 1 aliphatic heterocycles. The van der Waals surface area contributed by atoms with E-state index in [4.69, 9.17) is 24.4 Å². The van der Waals surface area contributed by atoms with Gasteiger partial charge in [-0.25, -0.2) is 0 Å². The number of carbonyl (C=O) groups is 3. The van der Waals surface area contributed by atoms with Crippen molar-refractivity contribution in [1.82, 2.24) is 0 Å². The Morgan fingerprint density at radius 1 is 1.17 bits per heavy atom. The lowest BCUT2D eigenvalue weighted by atomic mass is 9.74. The molecule has 11 heteroatoms. The Balaban J connectivity index is 2.73. The van der Waals surface area contributed by atoms with E-state index in [1.54, 1.807) is 13.8 Å². The van der Waals surface area contributed by atoms with Gasteiger partial charge in [-0.15, -0.1) is 0 Å². The van der Waals surface area contributed by atoms with Crippen LogP contribution in [0.3, 0.4) is 0 Å². The van der Waals surface area contributed by atoms with Crippen molar-refractivity contribution in [3.05, 3.63) is 33.9 Å². The highest BCUT2D eigenvalue weighted by molar-refractivity contribution is 6.04. The van der Waals surface area contributed by atoms with Gasteiger partial charge in [-0.2, -0.15) is 0 Å². The molecule has 0 aromatic heterocycles. The molecule has 1 heterocycles. The molecule has 1 aromatic carbocycles. The van der Waals surface area contributed by atoms with Crippen LogP contribution in [0.25, 0.3) is 0 Å². The molecule has 30 heavy (non-hydrogen) atoms. The van der Waals surface area contributed by atoms with Gasteiger partial charge in [0.05, 0.1) is 24.7 Å². The van der Waals surface area contributed by atoms with Crippen molar-refractivity contribution in [2.45, 2.75) is 26.7 Å². The highest BCUT2D eigenvalue weighted by atomic mass is 16.6. The molecule has 11 nitrogen and oxygen atoms in total. The number of hydrogen-bond donors (Lipinski definition) is 1. The molecule has 0 amide bonds.